The molecule has 2 N–H and O–H groups in total. The summed E-state index contributed by atoms with van der Waals surface area (Å²) >= 11 is 5.26. The minimum absolute atomic E-state index is 0.297. The molecule has 0 unspecified atom stereocenters. The molecule has 4 heteroatoms. The lowest BCUT2D eigenvalue weighted by atomic mass is 9.75. The summed E-state index contributed by atoms with van der Waals surface area (Å²) in [5.41, 5.74) is 0.297. The molecule has 0 aromatic carbocycles. The molecule has 15 heavy (non-hydrogen) atoms. The third kappa shape index (κ3) is 3.95. The average molecular weight is 230 g/mol. The van der Waals surface area contributed by atoms with Gasteiger partial charge in [0.05, 0.1) is 0 Å². The van der Waals surface area contributed by atoms with E-state index in [1.165, 1.54) is 19.3 Å². The second-order valence-corrected chi connectivity index (χ2v) is 4.62. The number of thiocarbonyl (C=S) groups is 1. The molecular formula is C11H22N2OS. The van der Waals surface area contributed by atoms with Gasteiger partial charge in [-0.1, -0.05) is 6.92 Å². The number of nitrogens with one attached hydrogen (secondary N) is 2. The van der Waals surface area contributed by atoms with Gasteiger partial charge in [-0.05, 0) is 44.3 Å². The number of ether oxygens (including phenoxy) is 1. The van der Waals surface area contributed by atoms with Crippen LogP contribution in [0.3, 0.4) is 0 Å². The first-order chi connectivity index (χ1) is 7.22. The molecule has 0 spiro atoms. The van der Waals surface area contributed by atoms with Gasteiger partial charge in [0, 0.05) is 25.8 Å². The first kappa shape index (κ1) is 12.7. The molecule has 1 saturated carbocycles. The van der Waals surface area contributed by atoms with E-state index in [0.717, 1.165) is 31.1 Å². The Bertz CT molecular complexity index is 199. The van der Waals surface area contributed by atoms with Crippen molar-refractivity contribution in [3.63, 3.8) is 0 Å². The van der Waals surface area contributed by atoms with Crippen molar-refractivity contribution in [1.29, 1.82) is 0 Å². The van der Waals surface area contributed by atoms with E-state index in [0.29, 0.717) is 5.54 Å². The maximum Gasteiger partial charge on any atom is 0.166 e. The molecule has 1 aliphatic carbocycles. The minimum Gasteiger partial charge on any atom is -0.385 e. The van der Waals surface area contributed by atoms with Crippen LogP contribution in [0.5, 0.6) is 0 Å². The highest BCUT2D eigenvalue weighted by Gasteiger charge is 2.35. The molecule has 0 atom stereocenters. The maximum atomic E-state index is 5.26. The topological polar surface area (TPSA) is 33.3 Å². The van der Waals surface area contributed by atoms with Gasteiger partial charge in [0.25, 0.3) is 0 Å². The van der Waals surface area contributed by atoms with Gasteiger partial charge in [-0.25, -0.2) is 0 Å². The zero-order valence-electron chi connectivity index (χ0n) is 9.77. The highest BCUT2D eigenvalue weighted by molar-refractivity contribution is 7.80. The lowest BCUT2D eigenvalue weighted by molar-refractivity contribution is 0.194. The van der Waals surface area contributed by atoms with Gasteiger partial charge >= 0.3 is 0 Å². The fourth-order valence-corrected chi connectivity index (χ4v) is 2.19. The summed E-state index contributed by atoms with van der Waals surface area (Å²) in [5, 5.41) is 7.45. The second-order valence-electron chi connectivity index (χ2n) is 4.21. The fraction of sp³-hybridized carbons (Fsp3) is 0.909. The Morgan fingerprint density at radius 3 is 2.67 bits per heavy atom. The normalized spacial score (nSPS) is 18.0. The van der Waals surface area contributed by atoms with Crippen molar-refractivity contribution in [2.45, 2.75) is 44.6 Å². The second kappa shape index (κ2) is 6.28. The predicted octanol–water partition coefficient (Wildman–Crippen LogP) is 1.82. The molecule has 0 aliphatic heterocycles. The monoisotopic (exact) mass is 230 g/mol. The number of hydrogen-bond donors (Lipinski definition) is 2. The van der Waals surface area contributed by atoms with Gasteiger partial charge in [-0.2, -0.15) is 0 Å². The van der Waals surface area contributed by atoms with Crippen LogP contribution in [-0.4, -0.2) is 30.9 Å². The van der Waals surface area contributed by atoms with Crippen molar-refractivity contribution in [2.24, 2.45) is 0 Å². The van der Waals surface area contributed by atoms with Crippen LogP contribution < -0.4 is 10.6 Å². The summed E-state index contributed by atoms with van der Waals surface area (Å²) in [6.07, 6.45) is 5.99. The van der Waals surface area contributed by atoms with Gasteiger partial charge in [-0.15, -0.1) is 0 Å². The van der Waals surface area contributed by atoms with Crippen LogP contribution in [0.1, 0.15) is 39.0 Å². The summed E-state index contributed by atoms with van der Waals surface area (Å²) in [6.45, 7) is 3.90. The molecule has 0 heterocycles. The van der Waals surface area contributed by atoms with Crippen molar-refractivity contribution < 1.29 is 4.74 Å². The van der Waals surface area contributed by atoms with Crippen LogP contribution in [0.25, 0.3) is 0 Å². The number of hydrogen-bond acceptors (Lipinski definition) is 2. The van der Waals surface area contributed by atoms with Crippen LogP contribution >= 0.6 is 12.2 Å². The van der Waals surface area contributed by atoms with Gasteiger partial charge in [0.2, 0.25) is 0 Å². The van der Waals surface area contributed by atoms with Crippen LogP contribution in [0.2, 0.25) is 0 Å². The summed E-state index contributed by atoms with van der Waals surface area (Å²) in [5.74, 6) is 0. The van der Waals surface area contributed by atoms with Crippen molar-refractivity contribution in [3.05, 3.63) is 0 Å². The molecule has 0 aromatic rings. The Kier molecular flexibility index (Phi) is 5.32. The summed E-state index contributed by atoms with van der Waals surface area (Å²) < 4.78 is 4.97. The van der Waals surface area contributed by atoms with E-state index < -0.39 is 0 Å². The molecule has 1 rings (SSSR count). The molecule has 1 aliphatic rings. The molecule has 1 fully saturated rings. The third-order valence-electron chi connectivity index (χ3n) is 3.18. The first-order valence-corrected chi connectivity index (χ1v) is 6.18. The molecule has 88 valence electrons. The maximum absolute atomic E-state index is 5.26. The average Bonchev–Trinajstić information content (AvgIpc) is 2.18. The van der Waals surface area contributed by atoms with Crippen LogP contribution in [0, 0.1) is 0 Å². The van der Waals surface area contributed by atoms with E-state index >= 15 is 0 Å². The lowest BCUT2D eigenvalue weighted by Gasteiger charge is -2.42. The summed E-state index contributed by atoms with van der Waals surface area (Å²) in [6, 6.07) is 0. The number of rotatable bonds is 6. The van der Waals surface area contributed by atoms with E-state index in [-0.39, 0.29) is 0 Å². The quantitative estimate of drug-likeness (QED) is 0.539. The van der Waals surface area contributed by atoms with Crippen LogP contribution in [0.4, 0.5) is 0 Å². The predicted molar refractivity (Wildman–Crippen MR) is 67.1 cm³/mol. The highest BCUT2D eigenvalue weighted by atomic mass is 32.1. The minimum atomic E-state index is 0.297. The van der Waals surface area contributed by atoms with Crippen molar-refractivity contribution in [2.75, 3.05) is 20.3 Å². The van der Waals surface area contributed by atoms with Gasteiger partial charge < -0.3 is 15.4 Å². The molecule has 3 nitrogen and oxygen atoms in total. The molecule has 0 bridgehead atoms. The molecular weight excluding hydrogens is 208 g/mol. The first-order valence-electron chi connectivity index (χ1n) is 5.77. The highest BCUT2D eigenvalue weighted by Crippen LogP contribution is 2.34. The fourth-order valence-electron chi connectivity index (χ4n) is 1.87. The van der Waals surface area contributed by atoms with E-state index in [9.17, 15) is 0 Å². The van der Waals surface area contributed by atoms with Crippen LogP contribution in [-0.2, 0) is 4.74 Å². The smallest absolute Gasteiger partial charge is 0.166 e. The zero-order valence-corrected chi connectivity index (χ0v) is 10.6. The molecule has 0 amide bonds. The molecule has 0 aromatic heterocycles. The Morgan fingerprint density at radius 2 is 2.20 bits per heavy atom. The van der Waals surface area contributed by atoms with E-state index in [2.05, 4.69) is 17.6 Å². The Morgan fingerprint density at radius 1 is 1.47 bits per heavy atom. The zero-order chi connectivity index (χ0) is 11.1. The molecule has 0 saturated heterocycles. The van der Waals surface area contributed by atoms with E-state index in [1.807, 2.05) is 0 Å². The Hall–Kier alpha value is -0.350. The van der Waals surface area contributed by atoms with Crippen molar-refractivity contribution >= 4 is 17.3 Å². The van der Waals surface area contributed by atoms with E-state index in [4.69, 9.17) is 17.0 Å². The summed E-state index contributed by atoms with van der Waals surface area (Å²) in [4.78, 5) is 0. The Balaban J connectivity index is 2.12. The number of methoxy groups -OCH3 is 1. The van der Waals surface area contributed by atoms with Crippen molar-refractivity contribution in [1.82, 2.24) is 10.6 Å². The molecule has 0 radical (unpaired) electrons. The standard InChI is InChI=1S/C11H22N2OS/c1-3-11(6-4-7-11)13-10(15)12-8-5-9-14-2/h3-9H2,1-2H3,(H2,12,13,15). The van der Waals surface area contributed by atoms with Gasteiger partial charge in [0.15, 0.2) is 5.11 Å². The lowest BCUT2D eigenvalue weighted by Crippen LogP contribution is -2.55. The largest absolute Gasteiger partial charge is 0.385 e. The Labute approximate surface area is 98.0 Å². The summed E-state index contributed by atoms with van der Waals surface area (Å²) in [7, 11) is 1.72. The van der Waals surface area contributed by atoms with Gasteiger partial charge in [0.1, 0.15) is 0 Å². The SMILES string of the molecule is CCC1(NC(=S)NCCCOC)CCC1. The third-order valence-corrected chi connectivity index (χ3v) is 3.42. The van der Waals surface area contributed by atoms with Crippen molar-refractivity contribution in [3.8, 4) is 0 Å². The van der Waals surface area contributed by atoms with Crippen LogP contribution in [0.15, 0.2) is 0 Å². The van der Waals surface area contributed by atoms with Gasteiger partial charge in [-0.3, -0.25) is 0 Å². The van der Waals surface area contributed by atoms with E-state index in [1.54, 1.807) is 7.11 Å².